The standard InChI is InChI=1S/C15H21N5/c1-19(2)11-6-5-9-20(10-11)15-14(16)17-12-7-3-4-8-13(12)18-15/h3-4,7-8,11H,5-6,9-10H2,1-2H3,(H2,16,17). The largest absolute Gasteiger partial charge is 0.381 e. The Balaban J connectivity index is 1.94. The monoisotopic (exact) mass is 271 g/mol. The first-order chi connectivity index (χ1) is 9.65. The van der Waals surface area contributed by atoms with E-state index in [0.29, 0.717) is 11.9 Å². The third-order valence-corrected chi connectivity index (χ3v) is 4.00. The minimum absolute atomic E-state index is 0.531. The van der Waals surface area contributed by atoms with Crippen molar-refractivity contribution in [2.24, 2.45) is 0 Å². The molecule has 3 rings (SSSR count). The molecule has 2 heterocycles. The molecule has 1 saturated heterocycles. The van der Waals surface area contributed by atoms with Crippen molar-refractivity contribution in [2.75, 3.05) is 37.8 Å². The molecule has 5 heteroatoms. The zero-order valence-electron chi connectivity index (χ0n) is 12.1. The molecule has 1 aromatic carbocycles. The van der Waals surface area contributed by atoms with E-state index in [1.54, 1.807) is 0 Å². The van der Waals surface area contributed by atoms with E-state index in [4.69, 9.17) is 10.7 Å². The first-order valence-electron chi connectivity index (χ1n) is 7.09. The molecule has 5 nitrogen and oxygen atoms in total. The van der Waals surface area contributed by atoms with Crippen LogP contribution in [0.2, 0.25) is 0 Å². The summed E-state index contributed by atoms with van der Waals surface area (Å²) in [5.41, 5.74) is 7.87. The number of likely N-dealkylation sites (N-methyl/N-ethyl adjacent to an activating group) is 1. The Morgan fingerprint density at radius 1 is 1.20 bits per heavy atom. The van der Waals surface area contributed by atoms with Crippen molar-refractivity contribution in [3.05, 3.63) is 24.3 Å². The summed E-state index contributed by atoms with van der Waals surface area (Å²) in [6, 6.07) is 8.42. The van der Waals surface area contributed by atoms with E-state index in [1.165, 1.54) is 6.42 Å². The molecule has 1 unspecified atom stereocenters. The van der Waals surface area contributed by atoms with E-state index in [9.17, 15) is 0 Å². The van der Waals surface area contributed by atoms with Gasteiger partial charge in [-0.1, -0.05) is 12.1 Å². The Bertz CT molecular complexity index is 610. The van der Waals surface area contributed by atoms with E-state index in [2.05, 4.69) is 28.9 Å². The molecule has 2 aromatic rings. The maximum Gasteiger partial charge on any atom is 0.172 e. The van der Waals surface area contributed by atoms with Crippen molar-refractivity contribution in [3.63, 3.8) is 0 Å². The maximum absolute atomic E-state index is 6.11. The number of anilines is 2. The summed E-state index contributed by atoms with van der Waals surface area (Å²) in [6.45, 7) is 1.96. The molecule has 0 saturated carbocycles. The van der Waals surface area contributed by atoms with E-state index in [1.807, 2.05) is 24.3 Å². The Morgan fingerprint density at radius 2 is 1.90 bits per heavy atom. The molecule has 1 aromatic heterocycles. The topological polar surface area (TPSA) is 58.3 Å². The number of rotatable bonds is 2. The lowest BCUT2D eigenvalue weighted by molar-refractivity contribution is 0.257. The third kappa shape index (κ3) is 2.41. The molecule has 1 atom stereocenters. The highest BCUT2D eigenvalue weighted by molar-refractivity contribution is 5.79. The van der Waals surface area contributed by atoms with E-state index >= 15 is 0 Å². The zero-order valence-corrected chi connectivity index (χ0v) is 12.1. The highest BCUT2D eigenvalue weighted by Crippen LogP contribution is 2.26. The number of para-hydroxylation sites is 2. The van der Waals surface area contributed by atoms with Gasteiger partial charge in [0, 0.05) is 19.1 Å². The van der Waals surface area contributed by atoms with Crippen LogP contribution in [0.1, 0.15) is 12.8 Å². The summed E-state index contributed by atoms with van der Waals surface area (Å²) >= 11 is 0. The molecule has 0 bridgehead atoms. The number of benzene rings is 1. The number of nitrogens with zero attached hydrogens (tertiary/aromatic N) is 4. The summed E-state index contributed by atoms with van der Waals surface area (Å²) in [5, 5.41) is 0. The van der Waals surface area contributed by atoms with Crippen LogP contribution >= 0.6 is 0 Å². The first kappa shape index (κ1) is 13.1. The van der Waals surface area contributed by atoms with Gasteiger partial charge < -0.3 is 15.5 Å². The van der Waals surface area contributed by atoms with Gasteiger partial charge in [0.05, 0.1) is 11.0 Å². The van der Waals surface area contributed by atoms with Crippen molar-refractivity contribution in [3.8, 4) is 0 Å². The van der Waals surface area contributed by atoms with Crippen LogP contribution < -0.4 is 10.6 Å². The number of nitrogen functional groups attached to an aromatic ring is 1. The van der Waals surface area contributed by atoms with Gasteiger partial charge in [-0.3, -0.25) is 0 Å². The minimum Gasteiger partial charge on any atom is -0.381 e. The van der Waals surface area contributed by atoms with Crippen molar-refractivity contribution in [1.82, 2.24) is 14.9 Å². The van der Waals surface area contributed by atoms with Crippen LogP contribution in [0.3, 0.4) is 0 Å². The molecule has 0 amide bonds. The van der Waals surface area contributed by atoms with E-state index < -0.39 is 0 Å². The molecule has 0 spiro atoms. The Morgan fingerprint density at radius 3 is 2.60 bits per heavy atom. The van der Waals surface area contributed by atoms with Crippen LogP contribution in [-0.2, 0) is 0 Å². The molecule has 106 valence electrons. The quantitative estimate of drug-likeness (QED) is 0.901. The van der Waals surface area contributed by atoms with Crippen molar-refractivity contribution in [1.29, 1.82) is 0 Å². The minimum atomic E-state index is 0.531. The lowest BCUT2D eigenvalue weighted by Gasteiger charge is -2.37. The fourth-order valence-corrected chi connectivity index (χ4v) is 2.81. The zero-order chi connectivity index (χ0) is 14.1. The van der Waals surface area contributed by atoms with Crippen LogP contribution in [0.15, 0.2) is 24.3 Å². The van der Waals surface area contributed by atoms with Gasteiger partial charge in [0.1, 0.15) is 0 Å². The van der Waals surface area contributed by atoms with Crippen LogP contribution in [0.25, 0.3) is 11.0 Å². The average Bonchev–Trinajstić information content (AvgIpc) is 2.46. The number of aromatic nitrogens is 2. The number of nitrogens with two attached hydrogens (primary N) is 1. The molecule has 2 N–H and O–H groups in total. The lowest BCUT2D eigenvalue weighted by atomic mass is 10.1. The summed E-state index contributed by atoms with van der Waals surface area (Å²) in [4.78, 5) is 13.7. The predicted octanol–water partition coefficient (Wildman–Crippen LogP) is 1.74. The van der Waals surface area contributed by atoms with Crippen LogP contribution in [0.4, 0.5) is 11.6 Å². The van der Waals surface area contributed by atoms with E-state index in [0.717, 1.165) is 36.4 Å². The highest BCUT2D eigenvalue weighted by atomic mass is 15.3. The average molecular weight is 271 g/mol. The van der Waals surface area contributed by atoms with Gasteiger partial charge in [0.2, 0.25) is 0 Å². The van der Waals surface area contributed by atoms with Gasteiger partial charge in [0.15, 0.2) is 11.6 Å². The summed E-state index contributed by atoms with van der Waals surface area (Å²) in [7, 11) is 4.26. The van der Waals surface area contributed by atoms with Gasteiger partial charge in [-0.25, -0.2) is 9.97 Å². The van der Waals surface area contributed by atoms with Gasteiger partial charge in [-0.05, 0) is 39.1 Å². The molecular weight excluding hydrogens is 250 g/mol. The molecule has 0 radical (unpaired) electrons. The summed E-state index contributed by atoms with van der Waals surface area (Å²) < 4.78 is 0. The normalized spacial score (nSPS) is 19.8. The maximum atomic E-state index is 6.11. The number of hydrogen-bond acceptors (Lipinski definition) is 5. The molecule has 0 aliphatic carbocycles. The fourth-order valence-electron chi connectivity index (χ4n) is 2.81. The molecular formula is C15H21N5. The summed E-state index contributed by atoms with van der Waals surface area (Å²) in [6.07, 6.45) is 2.39. The molecule has 1 fully saturated rings. The van der Waals surface area contributed by atoms with Crippen molar-refractivity contribution >= 4 is 22.7 Å². The number of fused-ring (bicyclic) bond motifs is 1. The Hall–Kier alpha value is -1.88. The second-order valence-electron chi connectivity index (χ2n) is 5.63. The number of hydrogen-bond donors (Lipinski definition) is 1. The van der Waals surface area contributed by atoms with Crippen LogP contribution in [0, 0.1) is 0 Å². The molecule has 1 aliphatic rings. The van der Waals surface area contributed by atoms with Gasteiger partial charge in [-0.15, -0.1) is 0 Å². The molecule has 1 aliphatic heterocycles. The summed E-state index contributed by atoms with van der Waals surface area (Å²) in [5.74, 6) is 1.36. The van der Waals surface area contributed by atoms with Crippen LogP contribution in [-0.4, -0.2) is 48.1 Å². The second kappa shape index (κ2) is 5.25. The van der Waals surface area contributed by atoms with E-state index in [-0.39, 0.29) is 0 Å². The van der Waals surface area contributed by atoms with Gasteiger partial charge >= 0.3 is 0 Å². The lowest BCUT2D eigenvalue weighted by Crippen LogP contribution is -2.45. The molecule has 20 heavy (non-hydrogen) atoms. The number of piperidine rings is 1. The second-order valence-corrected chi connectivity index (χ2v) is 5.63. The van der Waals surface area contributed by atoms with Gasteiger partial charge in [-0.2, -0.15) is 0 Å². The van der Waals surface area contributed by atoms with Crippen molar-refractivity contribution < 1.29 is 0 Å². The Kier molecular flexibility index (Phi) is 3.44. The highest BCUT2D eigenvalue weighted by Gasteiger charge is 2.24. The predicted molar refractivity (Wildman–Crippen MR) is 82.9 cm³/mol. The van der Waals surface area contributed by atoms with Crippen LogP contribution in [0.5, 0.6) is 0 Å². The smallest absolute Gasteiger partial charge is 0.172 e. The third-order valence-electron chi connectivity index (χ3n) is 4.00. The first-order valence-corrected chi connectivity index (χ1v) is 7.09. The Labute approximate surface area is 119 Å². The SMILES string of the molecule is CN(C)C1CCCN(c2nc3ccccc3nc2N)C1. The van der Waals surface area contributed by atoms with Gasteiger partial charge in [0.25, 0.3) is 0 Å². The fraction of sp³-hybridized carbons (Fsp3) is 0.467. The van der Waals surface area contributed by atoms with Crippen molar-refractivity contribution in [2.45, 2.75) is 18.9 Å².